The number of carbonyl (C=O) groups excluding carboxylic acids is 1. The van der Waals surface area contributed by atoms with Crippen LogP contribution in [0.5, 0.6) is 0 Å². The molecule has 0 saturated heterocycles. The Kier molecular flexibility index (Phi) is 4.33. The molecule has 2 nitrogen and oxygen atoms in total. The van der Waals surface area contributed by atoms with E-state index in [0.717, 1.165) is 24.3 Å². The van der Waals surface area contributed by atoms with Crippen LogP contribution in [0.25, 0.3) is 0 Å². The van der Waals surface area contributed by atoms with Crippen LogP contribution in [0.1, 0.15) is 24.8 Å². The molecule has 1 atom stereocenters. The van der Waals surface area contributed by atoms with Crippen molar-refractivity contribution in [1.82, 2.24) is 4.90 Å². The third kappa shape index (κ3) is 2.54. The van der Waals surface area contributed by atoms with Gasteiger partial charge in [0.25, 0.3) is 0 Å². The molecule has 0 fully saturated rings. The zero-order chi connectivity index (χ0) is 13.0. The van der Waals surface area contributed by atoms with Crippen LogP contribution in [0, 0.1) is 12.3 Å². The van der Waals surface area contributed by atoms with E-state index in [2.05, 4.69) is 25.0 Å². The molecule has 0 aromatic heterocycles. The second-order valence-electron chi connectivity index (χ2n) is 4.37. The Morgan fingerprint density at radius 2 is 2.33 bits per heavy atom. The average molecular weight is 259 g/mol. The highest BCUT2D eigenvalue weighted by Crippen LogP contribution is 2.40. The summed E-state index contributed by atoms with van der Waals surface area (Å²) in [5.41, 5.74) is 1.16. The van der Waals surface area contributed by atoms with Gasteiger partial charge in [0, 0.05) is 17.2 Å². The zero-order valence-electron chi connectivity index (χ0n) is 10.6. The molecule has 1 amide bonds. The smallest absolute Gasteiger partial charge is 0.231 e. The van der Waals surface area contributed by atoms with E-state index in [-0.39, 0.29) is 11.8 Å². The SMILES string of the molecule is C#CCN(CCC)C(=O)C1CSc2ccccc21. The number of benzene rings is 1. The maximum Gasteiger partial charge on any atom is 0.231 e. The van der Waals surface area contributed by atoms with Gasteiger partial charge in [-0.1, -0.05) is 31.0 Å². The Balaban J connectivity index is 2.17. The molecule has 1 unspecified atom stereocenters. The van der Waals surface area contributed by atoms with Gasteiger partial charge in [-0.05, 0) is 18.1 Å². The summed E-state index contributed by atoms with van der Waals surface area (Å²) >= 11 is 1.76. The predicted molar refractivity (Wildman–Crippen MR) is 75.6 cm³/mol. The highest BCUT2D eigenvalue weighted by molar-refractivity contribution is 7.99. The van der Waals surface area contributed by atoms with Crippen molar-refractivity contribution in [3.63, 3.8) is 0 Å². The highest BCUT2D eigenvalue weighted by Gasteiger charge is 2.31. The minimum absolute atomic E-state index is 0.0221. The van der Waals surface area contributed by atoms with Crippen LogP contribution in [0.4, 0.5) is 0 Å². The second kappa shape index (κ2) is 5.97. The Labute approximate surface area is 113 Å². The van der Waals surface area contributed by atoms with Gasteiger partial charge in [0.15, 0.2) is 0 Å². The topological polar surface area (TPSA) is 20.3 Å². The molecule has 1 aliphatic rings. The summed E-state index contributed by atoms with van der Waals surface area (Å²) in [6.45, 7) is 3.22. The fourth-order valence-electron chi connectivity index (χ4n) is 2.23. The number of carbonyl (C=O) groups is 1. The molecule has 2 rings (SSSR count). The molecule has 0 aliphatic carbocycles. The van der Waals surface area contributed by atoms with E-state index in [9.17, 15) is 4.79 Å². The minimum Gasteiger partial charge on any atom is -0.331 e. The summed E-state index contributed by atoms with van der Waals surface area (Å²) in [6, 6.07) is 8.15. The molecule has 1 heterocycles. The Bertz CT molecular complexity index is 478. The number of hydrogen-bond donors (Lipinski definition) is 0. The standard InChI is InChI=1S/C15H17NOS/c1-3-9-16(10-4-2)15(17)13-11-18-14-8-6-5-7-12(13)14/h1,5-8,13H,4,9-11H2,2H3. The van der Waals surface area contributed by atoms with Gasteiger partial charge in [0.1, 0.15) is 0 Å². The fraction of sp³-hybridized carbons (Fsp3) is 0.400. The van der Waals surface area contributed by atoms with Crippen LogP contribution in [0.3, 0.4) is 0 Å². The van der Waals surface area contributed by atoms with Crippen molar-refractivity contribution < 1.29 is 4.79 Å². The van der Waals surface area contributed by atoms with Crippen molar-refractivity contribution in [1.29, 1.82) is 0 Å². The van der Waals surface area contributed by atoms with E-state index in [1.165, 1.54) is 4.90 Å². The molecule has 1 aromatic rings. The van der Waals surface area contributed by atoms with Crippen molar-refractivity contribution >= 4 is 17.7 Å². The third-order valence-corrected chi connectivity index (χ3v) is 4.27. The van der Waals surface area contributed by atoms with Crippen molar-refractivity contribution in [3.05, 3.63) is 29.8 Å². The lowest BCUT2D eigenvalue weighted by Gasteiger charge is -2.23. The van der Waals surface area contributed by atoms with Crippen LogP contribution < -0.4 is 0 Å². The Hall–Kier alpha value is -1.40. The van der Waals surface area contributed by atoms with Crippen molar-refractivity contribution in [2.45, 2.75) is 24.2 Å². The molecule has 0 bridgehead atoms. The van der Waals surface area contributed by atoms with Gasteiger partial charge in [-0.3, -0.25) is 4.79 Å². The summed E-state index contributed by atoms with van der Waals surface area (Å²) in [6.07, 6.45) is 6.28. The van der Waals surface area contributed by atoms with Crippen LogP contribution in [0.2, 0.25) is 0 Å². The first-order chi connectivity index (χ1) is 8.77. The quantitative estimate of drug-likeness (QED) is 0.775. The number of terminal acetylenes is 1. The number of nitrogens with zero attached hydrogens (tertiary/aromatic N) is 1. The molecule has 3 heteroatoms. The number of amides is 1. The van der Waals surface area contributed by atoms with Gasteiger partial charge in [-0.15, -0.1) is 18.2 Å². The molecule has 0 radical (unpaired) electrons. The van der Waals surface area contributed by atoms with Crippen LogP contribution in [-0.2, 0) is 4.79 Å². The summed E-state index contributed by atoms with van der Waals surface area (Å²) in [4.78, 5) is 15.5. The van der Waals surface area contributed by atoms with Crippen molar-refractivity contribution in [2.24, 2.45) is 0 Å². The first-order valence-corrected chi connectivity index (χ1v) is 7.20. The van der Waals surface area contributed by atoms with Gasteiger partial charge in [-0.2, -0.15) is 0 Å². The number of thioether (sulfide) groups is 1. The molecular formula is C15H17NOS. The van der Waals surface area contributed by atoms with E-state index in [1.807, 2.05) is 12.1 Å². The van der Waals surface area contributed by atoms with Gasteiger partial charge < -0.3 is 4.90 Å². The van der Waals surface area contributed by atoms with E-state index in [1.54, 1.807) is 16.7 Å². The fourth-order valence-corrected chi connectivity index (χ4v) is 3.45. The van der Waals surface area contributed by atoms with Gasteiger partial charge in [0.2, 0.25) is 5.91 Å². The minimum atomic E-state index is -0.0221. The van der Waals surface area contributed by atoms with Gasteiger partial charge in [0.05, 0.1) is 12.5 Å². The second-order valence-corrected chi connectivity index (χ2v) is 5.43. The van der Waals surface area contributed by atoms with Crippen LogP contribution in [-0.4, -0.2) is 29.6 Å². The first-order valence-electron chi connectivity index (χ1n) is 6.22. The van der Waals surface area contributed by atoms with Crippen molar-refractivity contribution in [3.8, 4) is 12.3 Å². The summed E-state index contributed by atoms with van der Waals surface area (Å²) in [5, 5.41) is 0. The van der Waals surface area contributed by atoms with E-state index >= 15 is 0 Å². The van der Waals surface area contributed by atoms with Crippen molar-refractivity contribution in [2.75, 3.05) is 18.8 Å². The zero-order valence-corrected chi connectivity index (χ0v) is 11.4. The Morgan fingerprint density at radius 1 is 1.56 bits per heavy atom. The van der Waals surface area contributed by atoms with E-state index in [0.29, 0.717) is 6.54 Å². The monoisotopic (exact) mass is 259 g/mol. The average Bonchev–Trinajstić information content (AvgIpc) is 2.81. The summed E-state index contributed by atoms with van der Waals surface area (Å²) < 4.78 is 0. The molecule has 18 heavy (non-hydrogen) atoms. The molecule has 94 valence electrons. The maximum atomic E-state index is 12.5. The third-order valence-electron chi connectivity index (χ3n) is 3.09. The largest absolute Gasteiger partial charge is 0.331 e. The van der Waals surface area contributed by atoms with Crippen LogP contribution in [0.15, 0.2) is 29.2 Å². The molecule has 0 saturated carbocycles. The molecule has 1 aromatic carbocycles. The summed E-state index contributed by atoms with van der Waals surface area (Å²) in [5.74, 6) is 3.57. The van der Waals surface area contributed by atoms with Crippen LogP contribution >= 0.6 is 11.8 Å². The molecule has 0 N–H and O–H groups in total. The highest BCUT2D eigenvalue weighted by atomic mass is 32.2. The normalized spacial score (nSPS) is 17.0. The maximum absolute atomic E-state index is 12.5. The lowest BCUT2D eigenvalue weighted by atomic mass is 10.00. The Morgan fingerprint density at radius 3 is 3.06 bits per heavy atom. The number of hydrogen-bond acceptors (Lipinski definition) is 2. The predicted octanol–water partition coefficient (Wildman–Crippen LogP) is 2.75. The number of fused-ring (bicyclic) bond motifs is 1. The molecule has 0 spiro atoms. The van der Waals surface area contributed by atoms with Gasteiger partial charge >= 0.3 is 0 Å². The summed E-state index contributed by atoms with van der Waals surface area (Å²) in [7, 11) is 0. The van der Waals surface area contributed by atoms with Gasteiger partial charge in [-0.25, -0.2) is 0 Å². The number of rotatable bonds is 4. The van der Waals surface area contributed by atoms with E-state index < -0.39 is 0 Å². The first kappa shape index (κ1) is 13.0. The molecule has 1 aliphatic heterocycles. The lowest BCUT2D eigenvalue weighted by molar-refractivity contribution is -0.131. The molecular weight excluding hydrogens is 242 g/mol. The lowest BCUT2D eigenvalue weighted by Crippen LogP contribution is -2.36. The van der Waals surface area contributed by atoms with E-state index in [4.69, 9.17) is 6.42 Å².